The second-order valence-electron chi connectivity index (χ2n) is 8.20. The first kappa shape index (κ1) is 20.8. The molecule has 0 spiro atoms. The lowest BCUT2D eigenvalue weighted by atomic mass is 9.91. The Hall–Kier alpha value is -3.42. The number of likely N-dealkylation sites (tertiary alicyclic amines) is 1. The molecule has 4 rings (SSSR count). The Labute approximate surface area is 183 Å². The minimum Gasteiger partial charge on any atom is -0.337 e. The molecule has 0 radical (unpaired) electrons. The molecule has 3 aromatic rings. The van der Waals surface area contributed by atoms with Crippen molar-refractivity contribution in [1.29, 1.82) is 5.26 Å². The molecule has 4 nitrogen and oxygen atoms in total. The minimum absolute atomic E-state index is 0.0210. The van der Waals surface area contributed by atoms with Gasteiger partial charge in [0.15, 0.2) is 0 Å². The van der Waals surface area contributed by atoms with Crippen LogP contribution in [0.2, 0.25) is 0 Å². The summed E-state index contributed by atoms with van der Waals surface area (Å²) in [4.78, 5) is 14.9. The zero-order valence-electron chi connectivity index (χ0n) is 17.8. The van der Waals surface area contributed by atoms with Crippen LogP contribution in [-0.2, 0) is 6.42 Å². The average Bonchev–Trinajstić information content (AvgIpc) is 3.25. The van der Waals surface area contributed by atoms with Crippen LogP contribution in [0, 0.1) is 11.3 Å². The highest BCUT2D eigenvalue weighted by Gasteiger charge is 2.25. The Morgan fingerprint density at radius 2 is 1.71 bits per heavy atom. The quantitative estimate of drug-likeness (QED) is 0.643. The maximum Gasteiger partial charge on any atom is 0.253 e. The van der Waals surface area contributed by atoms with Gasteiger partial charge in [-0.25, -0.2) is 0 Å². The Balaban J connectivity index is 1.76. The molecule has 4 heteroatoms. The lowest BCUT2D eigenvalue weighted by molar-refractivity contribution is 0.0791. The van der Waals surface area contributed by atoms with Crippen molar-refractivity contribution in [2.24, 2.45) is 5.73 Å². The Bertz CT molecular complexity index is 1110. The van der Waals surface area contributed by atoms with Crippen LogP contribution >= 0.6 is 0 Å². The van der Waals surface area contributed by atoms with E-state index < -0.39 is 0 Å². The summed E-state index contributed by atoms with van der Waals surface area (Å²) >= 11 is 0. The minimum atomic E-state index is 0.0210. The molecule has 0 saturated carbocycles. The Morgan fingerprint density at radius 1 is 1.03 bits per heavy atom. The fourth-order valence-electron chi connectivity index (χ4n) is 4.19. The van der Waals surface area contributed by atoms with Crippen LogP contribution < -0.4 is 5.73 Å². The van der Waals surface area contributed by atoms with E-state index >= 15 is 0 Å². The van der Waals surface area contributed by atoms with Gasteiger partial charge in [0.2, 0.25) is 0 Å². The van der Waals surface area contributed by atoms with Crippen molar-refractivity contribution >= 4 is 5.91 Å². The fourth-order valence-corrected chi connectivity index (χ4v) is 4.19. The third kappa shape index (κ3) is 4.52. The number of hydrogen-bond acceptors (Lipinski definition) is 3. The summed E-state index contributed by atoms with van der Waals surface area (Å²) in [5.41, 5.74) is 12.8. The second-order valence-corrected chi connectivity index (χ2v) is 8.20. The second kappa shape index (κ2) is 9.16. The number of hydrogen-bond donors (Lipinski definition) is 1. The summed E-state index contributed by atoms with van der Waals surface area (Å²) in [5.74, 6) is 0.0210. The zero-order chi connectivity index (χ0) is 21.8. The van der Waals surface area contributed by atoms with Crippen molar-refractivity contribution in [2.75, 3.05) is 13.1 Å². The van der Waals surface area contributed by atoms with Crippen molar-refractivity contribution in [1.82, 2.24) is 4.90 Å². The van der Waals surface area contributed by atoms with Crippen LogP contribution in [0.3, 0.4) is 0 Å². The molecule has 0 aliphatic carbocycles. The molecular formula is C27H27N3O. The molecule has 1 amide bonds. The predicted molar refractivity (Wildman–Crippen MR) is 125 cm³/mol. The molecule has 1 saturated heterocycles. The van der Waals surface area contributed by atoms with Crippen molar-refractivity contribution in [2.45, 2.75) is 32.2 Å². The van der Waals surface area contributed by atoms with Gasteiger partial charge in [0.1, 0.15) is 0 Å². The molecule has 1 aliphatic heterocycles. The van der Waals surface area contributed by atoms with Gasteiger partial charge in [-0.3, -0.25) is 4.79 Å². The summed E-state index contributed by atoms with van der Waals surface area (Å²) < 4.78 is 0. The summed E-state index contributed by atoms with van der Waals surface area (Å²) in [6.07, 6.45) is 3.03. The lowest BCUT2D eigenvalue weighted by Gasteiger charge is -2.18. The standard InChI is InChI=1S/C27H27N3O/c1-2-3-19-4-8-21(9-5-19)25-13-12-23(27(31)30-15-14-24(29)18-30)16-26(25)22-10-6-20(17-28)7-11-22/h4-13,16,24H,2-3,14-15,18,29H2,1H3/t24-/m0/s1. The number of nitrogens with zero attached hydrogens (tertiary/aromatic N) is 2. The molecule has 156 valence electrons. The molecule has 0 unspecified atom stereocenters. The fraction of sp³-hybridized carbons (Fsp3) is 0.259. The normalized spacial score (nSPS) is 15.6. The van der Waals surface area contributed by atoms with E-state index in [1.54, 1.807) is 0 Å². The van der Waals surface area contributed by atoms with Gasteiger partial charge in [0.05, 0.1) is 11.6 Å². The molecule has 1 heterocycles. The molecule has 1 fully saturated rings. The molecule has 0 aromatic heterocycles. The van der Waals surface area contributed by atoms with E-state index in [0.29, 0.717) is 24.2 Å². The lowest BCUT2D eigenvalue weighted by Crippen LogP contribution is -2.31. The summed E-state index contributed by atoms with van der Waals surface area (Å²) in [6, 6.07) is 24.3. The molecular weight excluding hydrogens is 382 g/mol. The van der Waals surface area contributed by atoms with E-state index in [9.17, 15) is 4.79 Å². The summed E-state index contributed by atoms with van der Waals surface area (Å²) in [7, 11) is 0. The van der Waals surface area contributed by atoms with Crippen LogP contribution in [0.1, 0.15) is 41.3 Å². The third-order valence-corrected chi connectivity index (χ3v) is 5.91. The van der Waals surface area contributed by atoms with E-state index in [0.717, 1.165) is 41.5 Å². The monoisotopic (exact) mass is 409 g/mol. The van der Waals surface area contributed by atoms with Crippen molar-refractivity contribution in [3.8, 4) is 28.3 Å². The van der Waals surface area contributed by atoms with E-state index in [1.165, 1.54) is 5.56 Å². The van der Waals surface area contributed by atoms with Gasteiger partial charge in [0.25, 0.3) is 5.91 Å². The van der Waals surface area contributed by atoms with Crippen molar-refractivity contribution in [3.05, 3.63) is 83.4 Å². The first-order valence-corrected chi connectivity index (χ1v) is 10.9. The van der Waals surface area contributed by atoms with Crippen LogP contribution in [0.25, 0.3) is 22.3 Å². The molecule has 1 aliphatic rings. The van der Waals surface area contributed by atoms with Gasteiger partial charge in [0, 0.05) is 24.7 Å². The first-order chi connectivity index (χ1) is 15.1. The molecule has 3 aromatic carbocycles. The number of nitrogens with two attached hydrogens (primary N) is 1. The van der Waals surface area contributed by atoms with Gasteiger partial charge in [-0.1, -0.05) is 55.8 Å². The van der Waals surface area contributed by atoms with Crippen LogP contribution in [0.15, 0.2) is 66.7 Å². The number of carbonyl (C=O) groups is 1. The molecule has 1 atom stereocenters. The van der Waals surface area contributed by atoms with Gasteiger partial charge < -0.3 is 10.6 Å². The highest BCUT2D eigenvalue weighted by molar-refractivity contribution is 5.98. The zero-order valence-corrected chi connectivity index (χ0v) is 17.8. The molecule has 31 heavy (non-hydrogen) atoms. The van der Waals surface area contributed by atoms with E-state index in [-0.39, 0.29) is 11.9 Å². The number of benzene rings is 3. The van der Waals surface area contributed by atoms with Crippen LogP contribution in [0.5, 0.6) is 0 Å². The smallest absolute Gasteiger partial charge is 0.253 e. The predicted octanol–water partition coefficient (Wildman–Crippen LogP) is 5.02. The highest BCUT2D eigenvalue weighted by atomic mass is 16.2. The van der Waals surface area contributed by atoms with Crippen molar-refractivity contribution in [3.63, 3.8) is 0 Å². The topological polar surface area (TPSA) is 70.1 Å². The van der Waals surface area contributed by atoms with E-state index in [4.69, 9.17) is 11.0 Å². The van der Waals surface area contributed by atoms with Crippen LogP contribution in [0.4, 0.5) is 0 Å². The summed E-state index contributed by atoms with van der Waals surface area (Å²) in [6.45, 7) is 3.48. The maximum atomic E-state index is 13.1. The van der Waals surface area contributed by atoms with Crippen LogP contribution in [-0.4, -0.2) is 29.9 Å². The average molecular weight is 410 g/mol. The Kier molecular flexibility index (Phi) is 6.16. The number of amides is 1. The van der Waals surface area contributed by atoms with Gasteiger partial charge in [-0.05, 0) is 64.9 Å². The number of rotatable bonds is 5. The highest BCUT2D eigenvalue weighted by Crippen LogP contribution is 2.34. The first-order valence-electron chi connectivity index (χ1n) is 10.9. The largest absolute Gasteiger partial charge is 0.337 e. The van der Waals surface area contributed by atoms with Gasteiger partial charge >= 0.3 is 0 Å². The maximum absolute atomic E-state index is 13.1. The Morgan fingerprint density at radius 3 is 2.32 bits per heavy atom. The third-order valence-electron chi connectivity index (χ3n) is 5.91. The molecule has 2 N–H and O–H groups in total. The summed E-state index contributed by atoms with van der Waals surface area (Å²) in [5, 5.41) is 9.15. The van der Waals surface area contributed by atoms with E-state index in [1.807, 2.05) is 47.4 Å². The SMILES string of the molecule is CCCc1ccc(-c2ccc(C(=O)N3CC[C@H](N)C3)cc2-c2ccc(C#N)cc2)cc1. The van der Waals surface area contributed by atoms with Gasteiger partial charge in [-0.15, -0.1) is 0 Å². The number of nitriles is 1. The van der Waals surface area contributed by atoms with Crippen molar-refractivity contribution < 1.29 is 4.79 Å². The van der Waals surface area contributed by atoms with E-state index in [2.05, 4.69) is 37.3 Å². The number of aryl methyl sites for hydroxylation is 1. The van der Waals surface area contributed by atoms with Gasteiger partial charge in [-0.2, -0.15) is 5.26 Å². The number of carbonyl (C=O) groups excluding carboxylic acids is 1. The molecule has 0 bridgehead atoms.